The van der Waals surface area contributed by atoms with E-state index in [-0.39, 0.29) is 24.5 Å². The van der Waals surface area contributed by atoms with Crippen LogP contribution >= 0.6 is 0 Å². The van der Waals surface area contributed by atoms with E-state index in [4.69, 9.17) is 23.1 Å². The number of esters is 1. The largest absolute Gasteiger partial charge is 0.493 e. The molecule has 8 nitrogen and oxygen atoms in total. The van der Waals surface area contributed by atoms with E-state index in [1.807, 2.05) is 6.92 Å². The molecule has 0 heterocycles. The minimum atomic E-state index is -3.69. The zero-order valence-electron chi connectivity index (χ0n) is 17.5. The lowest BCUT2D eigenvalue weighted by atomic mass is 10.1. The minimum Gasteiger partial charge on any atom is -0.493 e. The summed E-state index contributed by atoms with van der Waals surface area (Å²) < 4.78 is 50.0. The Morgan fingerprint density at radius 3 is 2.17 bits per heavy atom. The maximum absolute atomic E-state index is 11.8. The van der Waals surface area contributed by atoms with Crippen LogP contribution in [0.4, 0.5) is 0 Å². The smallest absolute Gasteiger partial charge is 0.311 e. The fourth-order valence-corrected chi connectivity index (χ4v) is 3.11. The van der Waals surface area contributed by atoms with Crippen molar-refractivity contribution >= 4 is 16.1 Å². The van der Waals surface area contributed by atoms with Crippen molar-refractivity contribution in [2.45, 2.75) is 26.7 Å². The lowest BCUT2D eigenvalue weighted by molar-refractivity contribution is -0.134. The number of methoxy groups -OCH3 is 1. The van der Waals surface area contributed by atoms with Crippen LogP contribution in [0, 0.1) is 0 Å². The molecule has 0 aliphatic rings. The molecule has 0 radical (unpaired) electrons. The molecule has 0 N–H and O–H groups in total. The molecule has 2 aromatic rings. The van der Waals surface area contributed by atoms with Gasteiger partial charge in [-0.1, -0.05) is 25.1 Å². The first kappa shape index (κ1) is 23.3. The second-order valence-electron chi connectivity index (χ2n) is 6.18. The average Bonchev–Trinajstić information content (AvgIpc) is 2.69. The van der Waals surface area contributed by atoms with Crippen molar-refractivity contribution < 1.29 is 36.3 Å². The van der Waals surface area contributed by atoms with Gasteiger partial charge in [0.1, 0.15) is 0 Å². The van der Waals surface area contributed by atoms with Gasteiger partial charge >= 0.3 is 16.1 Å². The second-order valence-corrected chi connectivity index (χ2v) is 7.75. The summed E-state index contributed by atoms with van der Waals surface area (Å²) >= 11 is 0. The molecule has 0 aromatic heterocycles. The quantitative estimate of drug-likeness (QED) is 0.299. The Balaban J connectivity index is 2.20. The summed E-state index contributed by atoms with van der Waals surface area (Å²) in [5.41, 5.74) is 0.701. The molecule has 0 unspecified atom stereocenters. The van der Waals surface area contributed by atoms with Gasteiger partial charge in [0, 0.05) is 18.4 Å². The Morgan fingerprint density at radius 1 is 0.933 bits per heavy atom. The first-order valence-corrected chi connectivity index (χ1v) is 11.2. The number of para-hydroxylation sites is 2. The summed E-state index contributed by atoms with van der Waals surface area (Å²) in [6, 6.07) is 10.1. The van der Waals surface area contributed by atoms with Crippen LogP contribution in [0.1, 0.15) is 25.8 Å². The normalized spacial score (nSPS) is 10.9. The molecule has 0 atom stereocenters. The third kappa shape index (κ3) is 6.55. The predicted octanol–water partition coefficient (Wildman–Crippen LogP) is 3.37. The Kier molecular flexibility index (Phi) is 8.35. The molecule has 0 aliphatic carbocycles. The van der Waals surface area contributed by atoms with E-state index in [2.05, 4.69) is 0 Å². The molecular formula is C21H26O8S. The monoisotopic (exact) mass is 438 g/mol. The highest BCUT2D eigenvalue weighted by Gasteiger charge is 2.17. The second kappa shape index (κ2) is 10.7. The van der Waals surface area contributed by atoms with E-state index < -0.39 is 16.1 Å². The minimum absolute atomic E-state index is 0.105. The number of carbonyl (C=O) groups is 1. The van der Waals surface area contributed by atoms with E-state index in [0.717, 1.165) is 6.26 Å². The number of hydrogen-bond acceptors (Lipinski definition) is 8. The zero-order chi connectivity index (χ0) is 22.1. The van der Waals surface area contributed by atoms with Crippen molar-refractivity contribution in [1.29, 1.82) is 0 Å². The van der Waals surface area contributed by atoms with Crippen molar-refractivity contribution in [3.63, 3.8) is 0 Å². The van der Waals surface area contributed by atoms with Gasteiger partial charge in [-0.05, 0) is 25.1 Å². The zero-order valence-corrected chi connectivity index (χ0v) is 18.3. The molecule has 0 fully saturated rings. The topological polar surface area (TPSA) is 97.4 Å². The van der Waals surface area contributed by atoms with Gasteiger partial charge in [0.2, 0.25) is 5.75 Å². The molecule has 0 saturated heterocycles. The van der Waals surface area contributed by atoms with Gasteiger partial charge in [-0.3, -0.25) is 4.79 Å². The molecule has 0 spiro atoms. The van der Waals surface area contributed by atoms with Crippen molar-refractivity contribution in [3.05, 3.63) is 42.0 Å². The lowest BCUT2D eigenvalue weighted by Crippen LogP contribution is -2.11. The van der Waals surface area contributed by atoms with Crippen LogP contribution in [0.3, 0.4) is 0 Å². The third-order valence-corrected chi connectivity index (χ3v) is 4.36. The standard InChI is InChI=1S/C21H26O8S/c1-5-19(22)28-21-16(26-6-2)10-8-11-17(21)27-14-13-15-9-7-12-18(20(15)25-3)29-30(4,23)24/h7-12H,5-6,13-14H2,1-4H3. The van der Waals surface area contributed by atoms with E-state index in [9.17, 15) is 13.2 Å². The summed E-state index contributed by atoms with van der Waals surface area (Å²) in [4.78, 5) is 11.8. The van der Waals surface area contributed by atoms with Gasteiger partial charge in [0.25, 0.3) is 0 Å². The molecule has 0 amide bonds. The van der Waals surface area contributed by atoms with E-state index in [0.29, 0.717) is 35.8 Å². The highest BCUT2D eigenvalue weighted by molar-refractivity contribution is 7.86. The van der Waals surface area contributed by atoms with Gasteiger partial charge in [-0.15, -0.1) is 0 Å². The van der Waals surface area contributed by atoms with E-state index >= 15 is 0 Å². The van der Waals surface area contributed by atoms with Crippen molar-refractivity contribution in [2.24, 2.45) is 0 Å². The Hall–Kier alpha value is -2.94. The molecule has 2 rings (SSSR count). The fourth-order valence-electron chi connectivity index (χ4n) is 2.65. The first-order chi connectivity index (χ1) is 14.3. The van der Waals surface area contributed by atoms with Gasteiger partial charge in [-0.2, -0.15) is 8.42 Å². The van der Waals surface area contributed by atoms with Crippen molar-refractivity contribution in [3.8, 4) is 28.7 Å². The Labute approximate surface area is 176 Å². The van der Waals surface area contributed by atoms with Crippen LogP contribution in [0.2, 0.25) is 0 Å². The van der Waals surface area contributed by atoms with E-state index in [1.165, 1.54) is 13.2 Å². The predicted molar refractivity (Wildman–Crippen MR) is 111 cm³/mol. The van der Waals surface area contributed by atoms with Crippen LogP contribution in [0.15, 0.2) is 36.4 Å². The summed E-state index contributed by atoms with van der Waals surface area (Å²) in [7, 11) is -2.26. The average molecular weight is 438 g/mol. The number of carbonyl (C=O) groups excluding carboxylic acids is 1. The van der Waals surface area contributed by atoms with Crippen molar-refractivity contribution in [1.82, 2.24) is 0 Å². The molecule has 0 bridgehead atoms. The van der Waals surface area contributed by atoms with Crippen LogP contribution < -0.4 is 23.1 Å². The Bertz CT molecular complexity index is 969. The van der Waals surface area contributed by atoms with Gasteiger partial charge in [0.15, 0.2) is 23.0 Å². The molecular weight excluding hydrogens is 412 g/mol. The maximum Gasteiger partial charge on any atom is 0.311 e. The van der Waals surface area contributed by atoms with Gasteiger partial charge in [-0.25, -0.2) is 0 Å². The van der Waals surface area contributed by atoms with Crippen LogP contribution in [0.25, 0.3) is 0 Å². The number of benzene rings is 2. The third-order valence-electron chi connectivity index (χ3n) is 3.88. The number of hydrogen-bond donors (Lipinski definition) is 0. The molecule has 9 heteroatoms. The van der Waals surface area contributed by atoms with Crippen LogP contribution in [0.5, 0.6) is 28.7 Å². The van der Waals surface area contributed by atoms with Crippen molar-refractivity contribution in [2.75, 3.05) is 26.6 Å². The molecule has 0 saturated carbocycles. The molecule has 0 aliphatic heterocycles. The summed E-state index contributed by atoms with van der Waals surface area (Å²) in [5.74, 6) is 1.02. The summed E-state index contributed by atoms with van der Waals surface area (Å²) in [6.07, 6.45) is 1.57. The van der Waals surface area contributed by atoms with Crippen LogP contribution in [-0.2, 0) is 21.3 Å². The Morgan fingerprint density at radius 2 is 1.57 bits per heavy atom. The van der Waals surface area contributed by atoms with Gasteiger partial charge in [0.05, 0.1) is 26.6 Å². The maximum atomic E-state index is 11.8. The summed E-state index contributed by atoms with van der Waals surface area (Å²) in [6.45, 7) is 4.15. The first-order valence-electron chi connectivity index (χ1n) is 9.43. The van der Waals surface area contributed by atoms with E-state index in [1.54, 1.807) is 37.3 Å². The summed E-state index contributed by atoms with van der Waals surface area (Å²) in [5, 5.41) is 0. The van der Waals surface area contributed by atoms with Gasteiger partial charge < -0.3 is 23.1 Å². The molecule has 2 aromatic carbocycles. The fraction of sp³-hybridized carbons (Fsp3) is 0.381. The number of rotatable bonds is 11. The van der Waals surface area contributed by atoms with Crippen LogP contribution in [-0.4, -0.2) is 41.0 Å². The highest BCUT2D eigenvalue weighted by Crippen LogP contribution is 2.38. The molecule has 30 heavy (non-hydrogen) atoms. The molecule has 164 valence electrons. The number of ether oxygens (including phenoxy) is 4. The SMILES string of the molecule is CCOc1cccc(OCCc2cccc(OS(C)(=O)=O)c2OC)c1OC(=O)CC. The lowest BCUT2D eigenvalue weighted by Gasteiger charge is -2.16. The highest BCUT2D eigenvalue weighted by atomic mass is 32.2.